The molecule has 0 aromatic heterocycles. The van der Waals surface area contributed by atoms with Gasteiger partial charge in [0.05, 0.1) is 0 Å². The van der Waals surface area contributed by atoms with E-state index in [0.29, 0.717) is 0 Å². The van der Waals surface area contributed by atoms with Crippen molar-refractivity contribution in [3.8, 4) is 0 Å². The zero-order chi connectivity index (χ0) is 25.2. The van der Waals surface area contributed by atoms with Gasteiger partial charge < -0.3 is 20.5 Å². The quantitative estimate of drug-likeness (QED) is 0.413. The van der Waals surface area contributed by atoms with Crippen LogP contribution >= 0.6 is 0 Å². The molecule has 2 amide bonds. The first-order valence-electron chi connectivity index (χ1n) is 11.4. The molecule has 7 nitrogen and oxygen atoms in total. The van der Waals surface area contributed by atoms with Gasteiger partial charge in [0.25, 0.3) is 0 Å². The Morgan fingerprint density at radius 3 is 1.94 bits per heavy atom. The number of amides is 2. The standard InChI is InChI=1S/C28H30N2O5/c1-19-13-14-23(15-20(19)2)17-25(27(32)33)29-26(31)24(16-21-9-5-3-6-10-21)30-28(34)35-18-22-11-7-4-8-12-22/h3-15,24-25H,16-18H2,1-2H3,(H,29,31)(H,30,34)(H,32,33)/t24-,25-/m1/s1. The maximum Gasteiger partial charge on any atom is 0.408 e. The highest BCUT2D eigenvalue weighted by molar-refractivity contribution is 5.89. The van der Waals surface area contributed by atoms with Crippen molar-refractivity contribution < 1.29 is 24.2 Å². The highest BCUT2D eigenvalue weighted by Gasteiger charge is 2.27. The van der Waals surface area contributed by atoms with E-state index in [-0.39, 0.29) is 19.4 Å². The minimum atomic E-state index is -1.15. The first-order valence-corrected chi connectivity index (χ1v) is 11.4. The average molecular weight is 475 g/mol. The first-order chi connectivity index (χ1) is 16.8. The van der Waals surface area contributed by atoms with Crippen LogP contribution in [0.15, 0.2) is 78.9 Å². The van der Waals surface area contributed by atoms with Crippen LogP contribution in [0.1, 0.15) is 27.8 Å². The van der Waals surface area contributed by atoms with Crippen molar-refractivity contribution in [2.24, 2.45) is 0 Å². The lowest BCUT2D eigenvalue weighted by molar-refractivity contribution is -0.142. The third-order valence-electron chi connectivity index (χ3n) is 5.73. The molecule has 0 unspecified atom stereocenters. The van der Waals surface area contributed by atoms with Crippen LogP contribution in [0.5, 0.6) is 0 Å². The molecule has 182 valence electrons. The summed E-state index contributed by atoms with van der Waals surface area (Å²) in [6, 6.07) is 21.9. The van der Waals surface area contributed by atoms with Gasteiger partial charge in [-0.05, 0) is 41.7 Å². The maximum atomic E-state index is 13.1. The monoisotopic (exact) mass is 474 g/mol. The number of nitrogens with one attached hydrogen (secondary N) is 2. The van der Waals surface area contributed by atoms with Crippen molar-refractivity contribution in [1.82, 2.24) is 10.6 Å². The molecule has 3 N–H and O–H groups in total. The summed E-state index contributed by atoms with van der Waals surface area (Å²) in [5, 5.41) is 14.9. The Hall–Kier alpha value is -4.13. The number of carboxylic acid groups (broad SMARTS) is 1. The topological polar surface area (TPSA) is 105 Å². The van der Waals surface area contributed by atoms with E-state index >= 15 is 0 Å². The lowest BCUT2D eigenvalue weighted by Gasteiger charge is -2.22. The van der Waals surface area contributed by atoms with E-state index in [0.717, 1.165) is 27.8 Å². The number of rotatable bonds is 10. The van der Waals surface area contributed by atoms with Gasteiger partial charge in [0.2, 0.25) is 5.91 Å². The van der Waals surface area contributed by atoms with Crippen molar-refractivity contribution in [3.05, 3.63) is 107 Å². The van der Waals surface area contributed by atoms with Crippen molar-refractivity contribution >= 4 is 18.0 Å². The number of carbonyl (C=O) groups excluding carboxylic acids is 2. The van der Waals surface area contributed by atoms with Crippen LogP contribution in [0.4, 0.5) is 4.79 Å². The summed E-state index contributed by atoms with van der Waals surface area (Å²) in [7, 11) is 0. The summed E-state index contributed by atoms with van der Waals surface area (Å²) in [6.07, 6.45) is -0.451. The smallest absolute Gasteiger partial charge is 0.408 e. The van der Waals surface area contributed by atoms with Crippen molar-refractivity contribution in [1.29, 1.82) is 0 Å². The summed E-state index contributed by atoms with van der Waals surface area (Å²) in [6.45, 7) is 3.98. The molecule has 0 aliphatic carbocycles. The molecule has 3 aromatic carbocycles. The second-order valence-electron chi connectivity index (χ2n) is 8.47. The normalized spacial score (nSPS) is 12.3. The Morgan fingerprint density at radius 2 is 1.34 bits per heavy atom. The zero-order valence-corrected chi connectivity index (χ0v) is 19.9. The predicted molar refractivity (Wildman–Crippen MR) is 133 cm³/mol. The van der Waals surface area contributed by atoms with Crippen LogP contribution in [0, 0.1) is 13.8 Å². The zero-order valence-electron chi connectivity index (χ0n) is 19.9. The summed E-state index contributed by atoms with van der Waals surface area (Å²) in [5.41, 5.74) is 4.58. The second kappa shape index (κ2) is 12.4. The molecule has 0 fully saturated rings. The molecule has 3 aromatic rings. The number of aryl methyl sites for hydroxylation is 2. The SMILES string of the molecule is Cc1ccc(C[C@@H](NC(=O)[C@@H](Cc2ccccc2)NC(=O)OCc2ccccc2)C(=O)O)cc1C. The van der Waals surface area contributed by atoms with Gasteiger partial charge in [0, 0.05) is 12.8 Å². The van der Waals surface area contributed by atoms with Gasteiger partial charge in [-0.2, -0.15) is 0 Å². The van der Waals surface area contributed by atoms with E-state index in [2.05, 4.69) is 10.6 Å². The molecule has 0 aliphatic rings. The highest BCUT2D eigenvalue weighted by Crippen LogP contribution is 2.12. The number of carboxylic acids is 1. The van der Waals surface area contributed by atoms with E-state index < -0.39 is 30.1 Å². The van der Waals surface area contributed by atoms with Gasteiger partial charge in [0.15, 0.2) is 0 Å². The minimum absolute atomic E-state index is 0.0525. The maximum absolute atomic E-state index is 13.1. The third-order valence-corrected chi connectivity index (χ3v) is 5.73. The summed E-state index contributed by atoms with van der Waals surface area (Å²) in [4.78, 5) is 37.5. The Kier molecular flexibility index (Phi) is 9.01. The van der Waals surface area contributed by atoms with Crippen LogP contribution in [-0.4, -0.2) is 35.2 Å². The molecule has 0 saturated heterocycles. The lowest BCUT2D eigenvalue weighted by Crippen LogP contribution is -2.53. The van der Waals surface area contributed by atoms with Crippen molar-refractivity contribution in [2.75, 3.05) is 0 Å². The number of benzene rings is 3. The van der Waals surface area contributed by atoms with Crippen LogP contribution in [0.3, 0.4) is 0 Å². The molecular weight excluding hydrogens is 444 g/mol. The fourth-order valence-electron chi connectivity index (χ4n) is 3.60. The fraction of sp³-hybridized carbons (Fsp3) is 0.250. The van der Waals surface area contributed by atoms with Gasteiger partial charge >= 0.3 is 12.1 Å². The Labute approximate surface area is 205 Å². The van der Waals surface area contributed by atoms with Crippen molar-refractivity contribution in [3.63, 3.8) is 0 Å². The Bertz CT molecular complexity index is 1150. The molecule has 0 bridgehead atoms. The molecule has 0 spiro atoms. The van der Waals surface area contributed by atoms with Crippen LogP contribution in [-0.2, 0) is 33.8 Å². The largest absolute Gasteiger partial charge is 0.480 e. The first kappa shape index (κ1) is 25.5. The second-order valence-corrected chi connectivity index (χ2v) is 8.47. The lowest BCUT2D eigenvalue weighted by atomic mass is 10.00. The molecule has 0 radical (unpaired) electrons. The van der Waals surface area contributed by atoms with E-state index in [4.69, 9.17) is 4.74 Å². The molecule has 0 heterocycles. The van der Waals surface area contributed by atoms with Gasteiger partial charge in [0.1, 0.15) is 18.7 Å². The average Bonchev–Trinajstić information content (AvgIpc) is 2.85. The molecule has 0 aliphatic heterocycles. The molecule has 35 heavy (non-hydrogen) atoms. The molecule has 2 atom stereocenters. The molecule has 0 saturated carbocycles. The van der Waals surface area contributed by atoms with Crippen molar-refractivity contribution in [2.45, 2.75) is 45.4 Å². The number of hydrogen-bond donors (Lipinski definition) is 3. The third kappa shape index (κ3) is 7.99. The van der Waals surface area contributed by atoms with Crippen LogP contribution in [0.25, 0.3) is 0 Å². The van der Waals surface area contributed by atoms with E-state index in [1.807, 2.05) is 92.7 Å². The number of ether oxygens (including phenoxy) is 1. The van der Waals surface area contributed by atoms with Gasteiger partial charge in [-0.25, -0.2) is 9.59 Å². The van der Waals surface area contributed by atoms with Gasteiger partial charge in [-0.3, -0.25) is 4.79 Å². The summed E-state index contributed by atoms with van der Waals surface area (Å²) in [5.74, 6) is -1.75. The van der Waals surface area contributed by atoms with E-state index in [1.54, 1.807) is 0 Å². The summed E-state index contributed by atoms with van der Waals surface area (Å²) < 4.78 is 5.27. The Morgan fingerprint density at radius 1 is 0.743 bits per heavy atom. The molecule has 7 heteroatoms. The van der Waals surface area contributed by atoms with Gasteiger partial charge in [-0.1, -0.05) is 78.9 Å². The minimum Gasteiger partial charge on any atom is -0.480 e. The predicted octanol–water partition coefficient (Wildman–Crippen LogP) is 3.95. The van der Waals surface area contributed by atoms with Crippen LogP contribution < -0.4 is 10.6 Å². The Balaban J connectivity index is 1.70. The molecule has 3 rings (SSSR count). The number of aliphatic carboxylic acids is 1. The van der Waals surface area contributed by atoms with Crippen LogP contribution in [0.2, 0.25) is 0 Å². The number of alkyl carbamates (subject to hydrolysis) is 1. The fourth-order valence-corrected chi connectivity index (χ4v) is 3.60. The summed E-state index contributed by atoms with van der Waals surface area (Å²) >= 11 is 0. The number of carbonyl (C=O) groups is 3. The molecular formula is C28H30N2O5. The van der Waals surface area contributed by atoms with E-state index in [9.17, 15) is 19.5 Å². The highest BCUT2D eigenvalue weighted by atomic mass is 16.5. The van der Waals surface area contributed by atoms with E-state index in [1.165, 1.54) is 0 Å². The number of hydrogen-bond acceptors (Lipinski definition) is 4. The van der Waals surface area contributed by atoms with Gasteiger partial charge in [-0.15, -0.1) is 0 Å².